The highest BCUT2D eigenvalue weighted by molar-refractivity contribution is 5.57. The van der Waals surface area contributed by atoms with Crippen LogP contribution < -0.4 is 10.1 Å². The van der Waals surface area contributed by atoms with Crippen LogP contribution in [0.2, 0.25) is 0 Å². The summed E-state index contributed by atoms with van der Waals surface area (Å²) in [5.41, 5.74) is 0.337. The molecule has 0 aliphatic rings. The van der Waals surface area contributed by atoms with Crippen LogP contribution in [0.25, 0.3) is 0 Å². The van der Waals surface area contributed by atoms with Crippen molar-refractivity contribution in [3.63, 3.8) is 0 Å². The molecule has 0 saturated carbocycles. The van der Waals surface area contributed by atoms with Gasteiger partial charge in [-0.3, -0.25) is 0 Å². The van der Waals surface area contributed by atoms with Crippen molar-refractivity contribution in [2.45, 2.75) is 13.0 Å². The SMILES string of the molecule is COCCCn1ccnc1Nc1cc(OC)ccc1F. The van der Waals surface area contributed by atoms with E-state index >= 15 is 0 Å². The van der Waals surface area contributed by atoms with Crippen LogP contribution in [0.15, 0.2) is 30.6 Å². The van der Waals surface area contributed by atoms with Crippen LogP contribution >= 0.6 is 0 Å². The number of imidazole rings is 1. The third-order valence-electron chi connectivity index (χ3n) is 2.88. The maximum absolute atomic E-state index is 13.8. The molecule has 1 heterocycles. The van der Waals surface area contributed by atoms with Gasteiger partial charge in [-0.1, -0.05) is 0 Å². The molecule has 0 saturated heterocycles. The summed E-state index contributed by atoms with van der Waals surface area (Å²) in [5.74, 6) is 0.830. The molecular weight excluding hydrogens is 261 g/mol. The third-order valence-corrected chi connectivity index (χ3v) is 2.88. The Balaban J connectivity index is 2.12. The van der Waals surface area contributed by atoms with Crippen molar-refractivity contribution in [1.82, 2.24) is 9.55 Å². The number of rotatable bonds is 7. The third kappa shape index (κ3) is 3.48. The van der Waals surface area contributed by atoms with Gasteiger partial charge in [-0.05, 0) is 18.6 Å². The van der Waals surface area contributed by atoms with Crippen LogP contribution in [0, 0.1) is 5.82 Å². The van der Waals surface area contributed by atoms with Crippen molar-refractivity contribution in [2.24, 2.45) is 0 Å². The van der Waals surface area contributed by atoms with E-state index in [4.69, 9.17) is 9.47 Å². The summed E-state index contributed by atoms with van der Waals surface area (Å²) < 4.78 is 25.8. The molecule has 0 fully saturated rings. The van der Waals surface area contributed by atoms with Gasteiger partial charge >= 0.3 is 0 Å². The van der Waals surface area contributed by atoms with E-state index in [-0.39, 0.29) is 5.82 Å². The van der Waals surface area contributed by atoms with Crippen molar-refractivity contribution >= 4 is 11.6 Å². The number of aromatic nitrogens is 2. The number of aryl methyl sites for hydroxylation is 1. The normalized spacial score (nSPS) is 10.6. The summed E-state index contributed by atoms with van der Waals surface area (Å²) >= 11 is 0. The molecule has 0 aliphatic carbocycles. The van der Waals surface area contributed by atoms with Crippen LogP contribution in [0.3, 0.4) is 0 Å². The molecule has 0 amide bonds. The van der Waals surface area contributed by atoms with Gasteiger partial charge < -0.3 is 19.4 Å². The molecule has 2 aromatic rings. The highest BCUT2D eigenvalue weighted by atomic mass is 19.1. The predicted molar refractivity (Wildman–Crippen MR) is 75.0 cm³/mol. The van der Waals surface area contributed by atoms with Gasteiger partial charge in [0.2, 0.25) is 5.95 Å². The van der Waals surface area contributed by atoms with Gasteiger partial charge in [0.1, 0.15) is 11.6 Å². The molecule has 1 aromatic heterocycles. The molecule has 2 rings (SSSR count). The highest BCUT2D eigenvalue weighted by Crippen LogP contribution is 2.24. The van der Waals surface area contributed by atoms with E-state index in [2.05, 4.69) is 10.3 Å². The van der Waals surface area contributed by atoms with E-state index in [0.717, 1.165) is 13.0 Å². The summed E-state index contributed by atoms with van der Waals surface area (Å²) in [6, 6.07) is 4.54. The first-order valence-corrected chi connectivity index (χ1v) is 6.35. The van der Waals surface area contributed by atoms with E-state index in [9.17, 15) is 4.39 Å². The van der Waals surface area contributed by atoms with E-state index in [0.29, 0.717) is 24.0 Å². The van der Waals surface area contributed by atoms with Crippen molar-refractivity contribution in [1.29, 1.82) is 0 Å². The van der Waals surface area contributed by atoms with Crippen LogP contribution in [0.4, 0.5) is 16.0 Å². The smallest absolute Gasteiger partial charge is 0.207 e. The minimum atomic E-state index is -0.350. The fourth-order valence-corrected chi connectivity index (χ4v) is 1.84. The molecule has 0 radical (unpaired) electrons. The number of nitrogens with one attached hydrogen (secondary N) is 1. The Bertz CT molecular complexity index is 557. The van der Waals surface area contributed by atoms with Crippen LogP contribution in [-0.2, 0) is 11.3 Å². The summed E-state index contributed by atoms with van der Waals surface area (Å²) in [6.45, 7) is 1.42. The minimum absolute atomic E-state index is 0.337. The summed E-state index contributed by atoms with van der Waals surface area (Å²) in [7, 11) is 3.21. The van der Waals surface area contributed by atoms with Crippen molar-refractivity contribution in [2.75, 3.05) is 26.1 Å². The van der Waals surface area contributed by atoms with Crippen molar-refractivity contribution in [3.05, 3.63) is 36.4 Å². The summed E-state index contributed by atoms with van der Waals surface area (Å²) in [5, 5.41) is 2.98. The average Bonchev–Trinajstić information content (AvgIpc) is 2.89. The van der Waals surface area contributed by atoms with Gasteiger partial charge in [0.05, 0.1) is 12.8 Å². The number of anilines is 2. The number of ether oxygens (including phenoxy) is 2. The Morgan fingerprint density at radius 3 is 2.95 bits per heavy atom. The number of halogens is 1. The summed E-state index contributed by atoms with van der Waals surface area (Å²) in [6.07, 6.45) is 4.38. The molecule has 0 atom stereocenters. The van der Waals surface area contributed by atoms with E-state index in [1.54, 1.807) is 32.5 Å². The standard InChI is InChI=1S/C14H18FN3O2/c1-19-9-3-7-18-8-6-16-14(18)17-13-10-11(20-2)4-5-12(13)15/h4-6,8,10H,3,7,9H2,1-2H3,(H,16,17). The molecule has 5 nitrogen and oxygen atoms in total. The zero-order valence-electron chi connectivity index (χ0n) is 11.6. The Morgan fingerprint density at radius 2 is 2.20 bits per heavy atom. The van der Waals surface area contributed by atoms with E-state index in [1.807, 2.05) is 10.8 Å². The second-order valence-corrected chi connectivity index (χ2v) is 4.26. The molecule has 6 heteroatoms. The van der Waals surface area contributed by atoms with Crippen LogP contribution in [-0.4, -0.2) is 30.4 Å². The lowest BCUT2D eigenvalue weighted by molar-refractivity contribution is 0.190. The Morgan fingerprint density at radius 1 is 1.35 bits per heavy atom. The zero-order chi connectivity index (χ0) is 14.4. The van der Waals surface area contributed by atoms with Gasteiger partial charge in [-0.2, -0.15) is 0 Å². The number of methoxy groups -OCH3 is 2. The fraction of sp³-hybridized carbons (Fsp3) is 0.357. The number of benzene rings is 1. The Kier molecular flexibility index (Phi) is 4.95. The predicted octanol–water partition coefficient (Wildman–Crippen LogP) is 2.81. The molecule has 20 heavy (non-hydrogen) atoms. The second-order valence-electron chi connectivity index (χ2n) is 4.26. The van der Waals surface area contributed by atoms with Gasteiger partial charge in [-0.15, -0.1) is 0 Å². The molecule has 0 spiro atoms. The van der Waals surface area contributed by atoms with Gasteiger partial charge in [0.15, 0.2) is 0 Å². The maximum atomic E-state index is 13.8. The van der Waals surface area contributed by atoms with Crippen molar-refractivity contribution < 1.29 is 13.9 Å². The first kappa shape index (κ1) is 14.3. The maximum Gasteiger partial charge on any atom is 0.207 e. The molecule has 0 bridgehead atoms. The lowest BCUT2D eigenvalue weighted by Crippen LogP contribution is -2.06. The largest absolute Gasteiger partial charge is 0.497 e. The molecule has 108 valence electrons. The van der Waals surface area contributed by atoms with Crippen LogP contribution in [0.5, 0.6) is 5.75 Å². The average molecular weight is 279 g/mol. The topological polar surface area (TPSA) is 48.3 Å². The molecule has 0 aliphatic heterocycles. The van der Waals surface area contributed by atoms with Gasteiger partial charge in [0, 0.05) is 38.7 Å². The number of hydrogen-bond donors (Lipinski definition) is 1. The first-order chi connectivity index (χ1) is 9.74. The molecular formula is C14H18FN3O2. The highest BCUT2D eigenvalue weighted by Gasteiger charge is 2.08. The number of nitrogens with zero attached hydrogens (tertiary/aromatic N) is 2. The van der Waals surface area contributed by atoms with Gasteiger partial charge in [-0.25, -0.2) is 9.37 Å². The Labute approximate surface area is 117 Å². The number of hydrogen-bond acceptors (Lipinski definition) is 4. The lowest BCUT2D eigenvalue weighted by Gasteiger charge is -2.11. The monoisotopic (exact) mass is 279 g/mol. The van der Waals surface area contributed by atoms with E-state index < -0.39 is 0 Å². The Hall–Kier alpha value is -2.08. The molecule has 0 unspecified atom stereocenters. The van der Waals surface area contributed by atoms with Gasteiger partial charge in [0.25, 0.3) is 0 Å². The van der Waals surface area contributed by atoms with Crippen molar-refractivity contribution in [3.8, 4) is 5.75 Å². The molecule has 1 N–H and O–H groups in total. The quantitative estimate of drug-likeness (QED) is 0.792. The first-order valence-electron chi connectivity index (χ1n) is 6.35. The second kappa shape index (κ2) is 6.91. The van der Waals surface area contributed by atoms with E-state index in [1.165, 1.54) is 6.07 Å². The summed E-state index contributed by atoms with van der Waals surface area (Å²) in [4.78, 5) is 4.19. The van der Waals surface area contributed by atoms with Crippen LogP contribution in [0.1, 0.15) is 6.42 Å². The minimum Gasteiger partial charge on any atom is -0.497 e. The fourth-order valence-electron chi connectivity index (χ4n) is 1.84. The zero-order valence-corrected chi connectivity index (χ0v) is 11.6. The molecule has 1 aromatic carbocycles. The lowest BCUT2D eigenvalue weighted by atomic mass is 10.3.